The summed E-state index contributed by atoms with van der Waals surface area (Å²) in [5.41, 5.74) is 13.6. The normalized spacial score (nSPS) is 21.8. The van der Waals surface area contributed by atoms with Crippen molar-refractivity contribution in [2.45, 2.75) is 37.6 Å². The molecule has 1 aromatic carbocycles. The Bertz CT molecular complexity index is 874. The van der Waals surface area contributed by atoms with Gasteiger partial charge in [0.15, 0.2) is 11.5 Å². The summed E-state index contributed by atoms with van der Waals surface area (Å²) in [6.07, 6.45) is 4.18. The highest BCUT2D eigenvalue weighted by Gasteiger charge is 2.25. The molecule has 120 valence electrons. The Morgan fingerprint density at radius 2 is 2.13 bits per heavy atom. The molecule has 4 N–H and O–H groups in total. The summed E-state index contributed by atoms with van der Waals surface area (Å²) in [4.78, 5) is 9.19. The van der Waals surface area contributed by atoms with E-state index in [1.54, 1.807) is 11.6 Å². The lowest BCUT2D eigenvalue weighted by atomic mass is 9.86. The van der Waals surface area contributed by atoms with Crippen LogP contribution in [-0.4, -0.2) is 32.7 Å². The van der Waals surface area contributed by atoms with Crippen molar-refractivity contribution in [2.75, 3.05) is 12.8 Å². The Morgan fingerprint density at radius 1 is 1.26 bits per heavy atom. The highest BCUT2D eigenvalue weighted by molar-refractivity contribution is 5.95. The molecule has 7 nitrogen and oxygen atoms in total. The molecule has 0 radical (unpaired) electrons. The number of aromatic nitrogens is 4. The first kappa shape index (κ1) is 14.2. The predicted octanol–water partition coefficient (Wildman–Crippen LogP) is 1.85. The maximum Gasteiger partial charge on any atom is 0.223 e. The third kappa shape index (κ3) is 2.28. The molecule has 3 aromatic rings. The van der Waals surface area contributed by atoms with Gasteiger partial charge in [0, 0.05) is 17.3 Å². The van der Waals surface area contributed by atoms with E-state index in [0.717, 1.165) is 42.5 Å². The summed E-state index contributed by atoms with van der Waals surface area (Å²) in [6, 6.07) is 5.98. The van der Waals surface area contributed by atoms with E-state index in [-0.39, 0.29) is 6.04 Å². The molecule has 23 heavy (non-hydrogen) atoms. The Labute approximate surface area is 133 Å². The number of fused-ring (bicyclic) bond motifs is 3. The van der Waals surface area contributed by atoms with Crippen molar-refractivity contribution < 1.29 is 4.74 Å². The Morgan fingerprint density at radius 3 is 2.91 bits per heavy atom. The number of ether oxygens (including phenoxy) is 1. The maximum atomic E-state index is 6.10. The number of hydrogen-bond donors (Lipinski definition) is 2. The van der Waals surface area contributed by atoms with E-state index in [1.807, 2.05) is 18.2 Å². The molecule has 4 rings (SSSR count). The molecule has 0 saturated heterocycles. The number of benzene rings is 1. The van der Waals surface area contributed by atoms with Crippen molar-refractivity contribution in [2.24, 2.45) is 5.73 Å². The van der Waals surface area contributed by atoms with Crippen molar-refractivity contribution in [3.05, 3.63) is 24.0 Å². The minimum absolute atomic E-state index is 0.229. The summed E-state index contributed by atoms with van der Waals surface area (Å²) in [5, 5.41) is 5.48. The topological polar surface area (TPSA) is 104 Å². The second-order valence-electron chi connectivity index (χ2n) is 6.16. The zero-order valence-electron chi connectivity index (χ0n) is 13.1. The number of nitrogens with two attached hydrogens (primary N) is 2. The molecule has 7 heteroatoms. The van der Waals surface area contributed by atoms with Crippen LogP contribution in [0.2, 0.25) is 0 Å². The lowest BCUT2D eigenvalue weighted by molar-refractivity contribution is 0.382. The lowest BCUT2D eigenvalue weighted by Gasteiger charge is -2.24. The molecule has 2 atom stereocenters. The number of hydrogen-bond acceptors (Lipinski definition) is 6. The number of nitrogen functional groups attached to an aromatic ring is 1. The van der Waals surface area contributed by atoms with Crippen LogP contribution in [0.4, 0.5) is 5.95 Å². The van der Waals surface area contributed by atoms with Crippen molar-refractivity contribution in [1.29, 1.82) is 0 Å². The van der Waals surface area contributed by atoms with Crippen LogP contribution in [-0.2, 0) is 0 Å². The van der Waals surface area contributed by atoms with Crippen molar-refractivity contribution >= 4 is 22.5 Å². The van der Waals surface area contributed by atoms with Crippen LogP contribution in [0.5, 0.6) is 5.75 Å². The Hall–Kier alpha value is -2.41. The molecular weight excluding hydrogens is 292 g/mol. The Balaban J connectivity index is 1.90. The molecule has 1 saturated carbocycles. The largest absolute Gasteiger partial charge is 0.494 e. The van der Waals surface area contributed by atoms with Gasteiger partial charge >= 0.3 is 0 Å². The highest BCUT2D eigenvalue weighted by atomic mass is 16.5. The highest BCUT2D eigenvalue weighted by Crippen LogP contribution is 2.32. The lowest BCUT2D eigenvalue weighted by Crippen LogP contribution is -2.27. The van der Waals surface area contributed by atoms with Crippen molar-refractivity contribution in [3.8, 4) is 5.75 Å². The second-order valence-corrected chi connectivity index (χ2v) is 6.16. The van der Waals surface area contributed by atoms with Gasteiger partial charge in [-0.05, 0) is 31.4 Å². The van der Waals surface area contributed by atoms with E-state index < -0.39 is 0 Å². The van der Waals surface area contributed by atoms with Crippen molar-refractivity contribution in [1.82, 2.24) is 19.6 Å². The summed E-state index contributed by atoms with van der Waals surface area (Å²) >= 11 is 0. The first-order valence-corrected chi connectivity index (χ1v) is 7.92. The summed E-state index contributed by atoms with van der Waals surface area (Å²) in [7, 11) is 1.62. The van der Waals surface area contributed by atoms with Crippen LogP contribution in [0.1, 0.15) is 37.4 Å². The molecule has 1 fully saturated rings. The van der Waals surface area contributed by atoms with Gasteiger partial charge in [-0.15, -0.1) is 5.10 Å². The third-order valence-electron chi connectivity index (χ3n) is 4.61. The van der Waals surface area contributed by atoms with E-state index in [9.17, 15) is 0 Å². The molecule has 0 spiro atoms. The van der Waals surface area contributed by atoms with Gasteiger partial charge < -0.3 is 16.2 Å². The second kappa shape index (κ2) is 5.34. The smallest absolute Gasteiger partial charge is 0.223 e. The van der Waals surface area contributed by atoms with Gasteiger partial charge in [0.25, 0.3) is 0 Å². The van der Waals surface area contributed by atoms with Crippen LogP contribution in [0.25, 0.3) is 16.6 Å². The molecule has 0 amide bonds. The number of rotatable bonds is 2. The van der Waals surface area contributed by atoms with Crippen LogP contribution in [0, 0.1) is 0 Å². The molecule has 1 aliphatic carbocycles. The summed E-state index contributed by atoms with van der Waals surface area (Å²) < 4.78 is 7.00. The number of anilines is 1. The third-order valence-corrected chi connectivity index (χ3v) is 4.61. The fraction of sp³-hybridized carbons (Fsp3) is 0.438. The monoisotopic (exact) mass is 312 g/mol. The first-order valence-electron chi connectivity index (χ1n) is 7.92. The molecule has 2 aromatic heterocycles. The van der Waals surface area contributed by atoms with Gasteiger partial charge in [-0.1, -0.05) is 12.5 Å². The predicted molar refractivity (Wildman–Crippen MR) is 88.4 cm³/mol. The molecular formula is C16H20N6O. The molecule has 0 aliphatic heterocycles. The van der Waals surface area contributed by atoms with E-state index in [1.165, 1.54) is 0 Å². The zero-order chi connectivity index (χ0) is 16.0. The molecule has 0 bridgehead atoms. The van der Waals surface area contributed by atoms with Crippen LogP contribution >= 0.6 is 0 Å². The van der Waals surface area contributed by atoms with Gasteiger partial charge in [0.2, 0.25) is 5.95 Å². The summed E-state index contributed by atoms with van der Waals surface area (Å²) in [5.74, 6) is 2.10. The maximum absolute atomic E-state index is 6.10. The van der Waals surface area contributed by atoms with Crippen LogP contribution in [0.15, 0.2) is 18.2 Å². The quantitative estimate of drug-likeness (QED) is 0.748. The average Bonchev–Trinajstić information content (AvgIpc) is 3.01. The van der Waals surface area contributed by atoms with Crippen molar-refractivity contribution in [3.63, 3.8) is 0 Å². The minimum atomic E-state index is 0.229. The number of para-hydroxylation sites is 1. The fourth-order valence-corrected chi connectivity index (χ4v) is 3.44. The van der Waals surface area contributed by atoms with Gasteiger partial charge in [0.05, 0.1) is 7.11 Å². The molecule has 0 unspecified atom stereocenters. The summed E-state index contributed by atoms with van der Waals surface area (Å²) in [6.45, 7) is 0. The Kier molecular flexibility index (Phi) is 3.30. The first-order chi connectivity index (χ1) is 11.2. The molecule has 2 heterocycles. The zero-order valence-corrected chi connectivity index (χ0v) is 13.1. The average molecular weight is 312 g/mol. The van der Waals surface area contributed by atoms with Crippen LogP contribution < -0.4 is 16.2 Å². The van der Waals surface area contributed by atoms with Gasteiger partial charge in [-0.3, -0.25) is 0 Å². The number of methoxy groups -OCH3 is 1. The van der Waals surface area contributed by atoms with Gasteiger partial charge in [-0.2, -0.15) is 4.52 Å². The minimum Gasteiger partial charge on any atom is -0.494 e. The van der Waals surface area contributed by atoms with Gasteiger partial charge in [0.1, 0.15) is 11.3 Å². The standard InChI is InChI=1S/C16H20N6O/c1-23-12-7-3-6-11-13(12)19-16(18)22-15(11)20-14(21-22)9-4-2-5-10(17)8-9/h3,6-7,9-10H,2,4-5,8,17H2,1H3,(H2,18,19)/t9-,10-/m1/s1. The van der Waals surface area contributed by atoms with E-state index in [2.05, 4.69) is 10.1 Å². The van der Waals surface area contributed by atoms with E-state index in [0.29, 0.717) is 23.1 Å². The SMILES string of the molecule is COc1cccc2c1nc(N)n1nc([C@@H]3CCC[C@@H](N)C3)nc21. The van der Waals surface area contributed by atoms with E-state index >= 15 is 0 Å². The van der Waals surface area contributed by atoms with Gasteiger partial charge in [-0.25, -0.2) is 9.97 Å². The molecule has 1 aliphatic rings. The van der Waals surface area contributed by atoms with E-state index in [4.69, 9.17) is 21.2 Å². The van der Waals surface area contributed by atoms with Crippen LogP contribution in [0.3, 0.4) is 0 Å². The number of nitrogens with zero attached hydrogens (tertiary/aromatic N) is 4. The fourth-order valence-electron chi connectivity index (χ4n) is 3.44.